The maximum atomic E-state index is 6.32. The molecule has 0 spiro atoms. The Morgan fingerprint density at radius 3 is 2.57 bits per heavy atom. The lowest BCUT2D eigenvalue weighted by atomic mass is 10.0. The molecular formula is C25H28N4O. The summed E-state index contributed by atoms with van der Waals surface area (Å²) in [5.41, 5.74) is 9.13. The molecule has 154 valence electrons. The molecule has 1 saturated carbocycles. The summed E-state index contributed by atoms with van der Waals surface area (Å²) in [5.74, 6) is 3.32. The summed E-state index contributed by atoms with van der Waals surface area (Å²) < 4.78 is 8.32. The number of nitrogens with zero attached hydrogens (tertiary/aromatic N) is 3. The molecule has 0 aliphatic heterocycles. The third kappa shape index (κ3) is 3.72. The number of aromatic nitrogens is 3. The van der Waals surface area contributed by atoms with E-state index in [2.05, 4.69) is 21.7 Å². The maximum absolute atomic E-state index is 6.32. The van der Waals surface area contributed by atoms with Crippen LogP contribution in [0.4, 0.5) is 5.82 Å². The van der Waals surface area contributed by atoms with Gasteiger partial charge in [0, 0.05) is 11.8 Å². The van der Waals surface area contributed by atoms with Crippen LogP contribution in [0, 0.1) is 5.92 Å². The van der Waals surface area contributed by atoms with E-state index in [0.717, 1.165) is 52.4 Å². The highest BCUT2D eigenvalue weighted by molar-refractivity contribution is 6.06. The topological polar surface area (TPSA) is 66.0 Å². The number of hydrogen-bond donors (Lipinski definition) is 1. The van der Waals surface area contributed by atoms with Gasteiger partial charge in [0.2, 0.25) is 0 Å². The van der Waals surface area contributed by atoms with Gasteiger partial charge in [0.15, 0.2) is 5.82 Å². The summed E-state index contributed by atoms with van der Waals surface area (Å²) in [6.45, 7) is 1.32. The van der Waals surface area contributed by atoms with E-state index in [0.29, 0.717) is 12.4 Å². The second kappa shape index (κ2) is 8.34. The summed E-state index contributed by atoms with van der Waals surface area (Å²) in [6, 6.07) is 18.1. The first-order chi connectivity index (χ1) is 14.8. The van der Waals surface area contributed by atoms with E-state index in [4.69, 9.17) is 15.5 Å². The molecule has 5 nitrogen and oxygen atoms in total. The molecule has 2 N–H and O–H groups in total. The van der Waals surface area contributed by atoms with Gasteiger partial charge >= 0.3 is 0 Å². The summed E-state index contributed by atoms with van der Waals surface area (Å²) in [5, 5.41) is 1.10. The van der Waals surface area contributed by atoms with Crippen LogP contribution in [-0.4, -0.2) is 21.1 Å². The summed E-state index contributed by atoms with van der Waals surface area (Å²) in [6.07, 6.45) is 7.60. The van der Waals surface area contributed by atoms with Gasteiger partial charge in [-0.2, -0.15) is 0 Å². The zero-order valence-electron chi connectivity index (χ0n) is 17.3. The van der Waals surface area contributed by atoms with Gasteiger partial charge in [-0.25, -0.2) is 9.97 Å². The van der Waals surface area contributed by atoms with Crippen molar-refractivity contribution >= 4 is 27.8 Å². The van der Waals surface area contributed by atoms with Crippen molar-refractivity contribution in [1.29, 1.82) is 0 Å². The Kier molecular flexibility index (Phi) is 5.26. The van der Waals surface area contributed by atoms with Crippen molar-refractivity contribution in [2.45, 2.75) is 45.1 Å². The highest BCUT2D eigenvalue weighted by atomic mass is 16.5. The quantitative estimate of drug-likeness (QED) is 0.453. The molecule has 4 aromatic rings. The van der Waals surface area contributed by atoms with Crippen LogP contribution in [0.25, 0.3) is 21.9 Å². The fourth-order valence-electron chi connectivity index (χ4n) is 4.74. The molecule has 2 heterocycles. The summed E-state index contributed by atoms with van der Waals surface area (Å²) >= 11 is 0. The number of hydrogen-bond acceptors (Lipinski definition) is 4. The molecule has 5 heteroatoms. The molecule has 2 aromatic heterocycles. The van der Waals surface area contributed by atoms with Crippen LogP contribution in [0.2, 0.25) is 0 Å². The number of nitrogen functional groups attached to an aromatic ring is 1. The van der Waals surface area contributed by atoms with Crippen LogP contribution in [0.1, 0.15) is 37.9 Å². The van der Waals surface area contributed by atoms with Crippen LogP contribution >= 0.6 is 0 Å². The van der Waals surface area contributed by atoms with Crippen molar-refractivity contribution in [3.8, 4) is 5.75 Å². The number of rotatable bonds is 7. The largest absolute Gasteiger partial charge is 0.492 e. The van der Waals surface area contributed by atoms with Crippen LogP contribution in [0.3, 0.4) is 0 Å². The van der Waals surface area contributed by atoms with E-state index < -0.39 is 0 Å². The third-order valence-corrected chi connectivity index (χ3v) is 6.27. The Hall–Kier alpha value is -3.08. The van der Waals surface area contributed by atoms with E-state index in [-0.39, 0.29) is 0 Å². The Balaban J connectivity index is 1.50. The van der Waals surface area contributed by atoms with Gasteiger partial charge < -0.3 is 15.0 Å². The zero-order chi connectivity index (χ0) is 20.3. The van der Waals surface area contributed by atoms with E-state index in [1.165, 1.54) is 32.1 Å². The minimum atomic E-state index is 0.508. The monoisotopic (exact) mass is 400 g/mol. The number of anilines is 1. The van der Waals surface area contributed by atoms with Gasteiger partial charge in [-0.3, -0.25) is 0 Å². The predicted molar refractivity (Wildman–Crippen MR) is 122 cm³/mol. The second-order valence-electron chi connectivity index (χ2n) is 8.24. The van der Waals surface area contributed by atoms with E-state index >= 15 is 0 Å². The standard InChI is InChI=1S/C25H28N4O/c26-25-23-24(20-12-6-7-13-21(20)27-25)29(16-17-30-19-10-2-1-3-11-19)22(28-23)15-14-18-8-4-5-9-18/h1-3,6-7,10-13,18H,4-5,8-9,14-17H2,(H2,26,27). The minimum absolute atomic E-state index is 0.508. The fourth-order valence-corrected chi connectivity index (χ4v) is 4.74. The number of para-hydroxylation sites is 2. The molecule has 1 aliphatic carbocycles. The van der Waals surface area contributed by atoms with Crippen molar-refractivity contribution in [3.63, 3.8) is 0 Å². The molecule has 0 radical (unpaired) electrons. The number of pyridine rings is 1. The summed E-state index contributed by atoms with van der Waals surface area (Å²) in [7, 11) is 0. The van der Waals surface area contributed by atoms with Crippen LogP contribution in [-0.2, 0) is 13.0 Å². The molecule has 30 heavy (non-hydrogen) atoms. The maximum Gasteiger partial charge on any atom is 0.152 e. The average Bonchev–Trinajstić information content (AvgIpc) is 3.42. The van der Waals surface area contributed by atoms with Gasteiger partial charge in [0.25, 0.3) is 0 Å². The zero-order valence-corrected chi connectivity index (χ0v) is 17.3. The van der Waals surface area contributed by atoms with Gasteiger partial charge in [-0.05, 0) is 30.5 Å². The highest BCUT2D eigenvalue weighted by Crippen LogP contribution is 2.32. The van der Waals surface area contributed by atoms with E-state index in [1.807, 2.05) is 42.5 Å². The predicted octanol–water partition coefficient (Wildman–Crippen LogP) is 5.37. The number of benzene rings is 2. The van der Waals surface area contributed by atoms with Crippen molar-refractivity contribution in [2.75, 3.05) is 12.3 Å². The Morgan fingerprint density at radius 1 is 0.967 bits per heavy atom. The van der Waals surface area contributed by atoms with Gasteiger partial charge in [0.1, 0.15) is 23.7 Å². The Labute approximate surface area is 176 Å². The lowest BCUT2D eigenvalue weighted by molar-refractivity contribution is 0.298. The highest BCUT2D eigenvalue weighted by Gasteiger charge is 2.20. The molecule has 0 amide bonds. The van der Waals surface area contributed by atoms with Crippen LogP contribution < -0.4 is 10.5 Å². The Bertz CT molecular complexity index is 1150. The first-order valence-corrected chi connectivity index (χ1v) is 11.0. The van der Waals surface area contributed by atoms with Gasteiger partial charge in [-0.1, -0.05) is 62.1 Å². The number of ether oxygens (including phenoxy) is 1. The van der Waals surface area contributed by atoms with Crippen LogP contribution in [0.5, 0.6) is 5.75 Å². The molecule has 2 aromatic carbocycles. The minimum Gasteiger partial charge on any atom is -0.492 e. The van der Waals surface area contributed by atoms with E-state index in [9.17, 15) is 0 Å². The van der Waals surface area contributed by atoms with Gasteiger partial charge in [0.05, 0.1) is 17.6 Å². The summed E-state index contributed by atoms with van der Waals surface area (Å²) in [4.78, 5) is 9.56. The first-order valence-electron chi connectivity index (χ1n) is 11.0. The smallest absolute Gasteiger partial charge is 0.152 e. The number of aryl methyl sites for hydroxylation is 1. The normalized spacial score (nSPS) is 14.7. The lowest BCUT2D eigenvalue weighted by Gasteiger charge is -2.13. The van der Waals surface area contributed by atoms with Crippen LogP contribution in [0.15, 0.2) is 54.6 Å². The SMILES string of the molecule is Nc1nc2ccccc2c2c1nc(CCC1CCCC1)n2CCOc1ccccc1. The molecule has 1 fully saturated rings. The molecule has 0 saturated heterocycles. The number of fused-ring (bicyclic) bond motifs is 3. The van der Waals surface area contributed by atoms with Crippen molar-refractivity contribution in [2.24, 2.45) is 5.92 Å². The van der Waals surface area contributed by atoms with E-state index in [1.54, 1.807) is 0 Å². The van der Waals surface area contributed by atoms with Crippen molar-refractivity contribution in [3.05, 3.63) is 60.4 Å². The van der Waals surface area contributed by atoms with Gasteiger partial charge in [-0.15, -0.1) is 0 Å². The van der Waals surface area contributed by atoms with Crippen molar-refractivity contribution < 1.29 is 4.74 Å². The fraction of sp³-hybridized carbons (Fsp3) is 0.360. The number of imidazole rings is 1. The number of nitrogens with two attached hydrogens (primary N) is 1. The third-order valence-electron chi connectivity index (χ3n) is 6.27. The molecule has 1 aliphatic rings. The lowest BCUT2D eigenvalue weighted by Crippen LogP contribution is -2.12. The average molecular weight is 401 g/mol. The molecule has 5 rings (SSSR count). The molecular weight excluding hydrogens is 372 g/mol. The Morgan fingerprint density at radius 2 is 1.73 bits per heavy atom. The second-order valence-corrected chi connectivity index (χ2v) is 8.24. The van der Waals surface area contributed by atoms with Crippen molar-refractivity contribution in [1.82, 2.24) is 14.5 Å². The molecule has 0 unspecified atom stereocenters. The first kappa shape index (κ1) is 18.9. The molecule has 0 bridgehead atoms. The molecule has 0 atom stereocenters.